The van der Waals surface area contributed by atoms with Gasteiger partial charge in [-0.2, -0.15) is 22.0 Å². The fourth-order valence-electron chi connectivity index (χ4n) is 10.1. The molecule has 4 aliphatic carbocycles. The Hall–Kier alpha value is -2.69. The molecule has 0 bridgehead atoms. The van der Waals surface area contributed by atoms with Crippen LogP contribution in [-0.2, 0) is 9.47 Å². The standard InChI is InChI=1S/C38H44F5NO4/c1-23-5-7-24(8-6-23)25-9-11-26(12-10-25)28-19-33(4)29(15-18-36(33,45)37(39,40)38(41,42)43)27-13-16-34(44-46)20-35(17-14-30(34)31(27)28)47-21-32(2,3)22-48-35/h5-12,27-29,45H,13-22H2,1-4H3/t27?,28?,29?,33?,34-,36+/m1/s1. The van der Waals surface area contributed by atoms with Crippen molar-refractivity contribution in [3.05, 3.63) is 75.7 Å². The second-order valence-corrected chi connectivity index (χ2v) is 16.3. The lowest BCUT2D eigenvalue weighted by Crippen LogP contribution is -2.65. The van der Waals surface area contributed by atoms with E-state index in [1.165, 1.54) is 6.92 Å². The first-order chi connectivity index (χ1) is 22.4. The number of fused-ring (bicyclic) bond motifs is 4. The molecule has 5 aliphatic rings. The van der Waals surface area contributed by atoms with Crippen LogP contribution in [0.2, 0.25) is 0 Å². The highest BCUT2D eigenvalue weighted by atomic mass is 19.4. The molecule has 2 aromatic rings. The summed E-state index contributed by atoms with van der Waals surface area (Å²) in [5.74, 6) is -7.84. The monoisotopic (exact) mass is 673 g/mol. The zero-order valence-corrected chi connectivity index (χ0v) is 27.9. The Morgan fingerprint density at radius 3 is 2.04 bits per heavy atom. The first kappa shape index (κ1) is 33.8. The smallest absolute Gasteiger partial charge is 0.383 e. The molecule has 260 valence electrons. The van der Waals surface area contributed by atoms with E-state index in [1.54, 1.807) is 0 Å². The van der Waals surface area contributed by atoms with Crippen LogP contribution < -0.4 is 0 Å². The number of hydrogen-bond donors (Lipinski definition) is 1. The predicted molar refractivity (Wildman–Crippen MR) is 171 cm³/mol. The summed E-state index contributed by atoms with van der Waals surface area (Å²) in [5.41, 5.74) is -0.738. The zero-order chi connectivity index (χ0) is 34.5. The van der Waals surface area contributed by atoms with Crippen LogP contribution >= 0.6 is 0 Å². The van der Waals surface area contributed by atoms with Gasteiger partial charge in [0.2, 0.25) is 0 Å². The molecule has 5 nitrogen and oxygen atoms in total. The minimum absolute atomic E-state index is 0.0337. The van der Waals surface area contributed by atoms with E-state index < -0.39 is 52.7 Å². The van der Waals surface area contributed by atoms with Crippen molar-refractivity contribution in [2.45, 2.75) is 114 Å². The average Bonchev–Trinajstić information content (AvgIpc) is 3.33. The second kappa shape index (κ2) is 10.9. The van der Waals surface area contributed by atoms with E-state index in [1.807, 2.05) is 69.3 Å². The lowest BCUT2D eigenvalue weighted by molar-refractivity contribution is -0.362. The summed E-state index contributed by atoms with van der Waals surface area (Å²) in [4.78, 5) is 13.0. The maximum Gasteiger partial charge on any atom is 0.456 e. The largest absolute Gasteiger partial charge is 0.456 e. The van der Waals surface area contributed by atoms with Crippen LogP contribution in [0, 0.1) is 34.5 Å². The Morgan fingerprint density at radius 1 is 0.854 bits per heavy atom. The van der Waals surface area contributed by atoms with Crippen molar-refractivity contribution in [1.82, 2.24) is 0 Å². The van der Waals surface area contributed by atoms with Crippen LogP contribution in [0.3, 0.4) is 0 Å². The third-order valence-corrected chi connectivity index (χ3v) is 12.8. The molecular formula is C38H44F5NO4. The number of alkyl halides is 5. The van der Waals surface area contributed by atoms with E-state index in [-0.39, 0.29) is 30.6 Å². The fraction of sp³-hybridized carbons (Fsp3) is 0.632. The zero-order valence-electron chi connectivity index (χ0n) is 27.9. The van der Waals surface area contributed by atoms with E-state index in [0.717, 1.165) is 33.4 Å². The molecule has 6 atom stereocenters. The molecule has 48 heavy (non-hydrogen) atoms. The van der Waals surface area contributed by atoms with Gasteiger partial charge in [0.15, 0.2) is 5.79 Å². The number of allylic oxidation sites excluding steroid dienone is 1. The van der Waals surface area contributed by atoms with Crippen LogP contribution in [-0.4, -0.2) is 47.3 Å². The van der Waals surface area contributed by atoms with Crippen molar-refractivity contribution in [1.29, 1.82) is 0 Å². The fourth-order valence-corrected chi connectivity index (χ4v) is 10.1. The van der Waals surface area contributed by atoms with Crippen LogP contribution in [0.1, 0.15) is 89.2 Å². The van der Waals surface area contributed by atoms with Gasteiger partial charge in [0, 0.05) is 29.6 Å². The summed E-state index contributed by atoms with van der Waals surface area (Å²) in [5, 5.41) is 15.4. The number of halogens is 5. The molecule has 10 heteroatoms. The van der Waals surface area contributed by atoms with Gasteiger partial charge < -0.3 is 14.6 Å². The third kappa shape index (κ3) is 4.86. The van der Waals surface area contributed by atoms with Gasteiger partial charge >= 0.3 is 12.1 Å². The predicted octanol–water partition coefficient (Wildman–Crippen LogP) is 9.66. The molecule has 0 aromatic heterocycles. The average molecular weight is 674 g/mol. The van der Waals surface area contributed by atoms with Gasteiger partial charge in [-0.15, -0.1) is 4.91 Å². The van der Waals surface area contributed by atoms with Crippen molar-refractivity contribution in [3.8, 4) is 11.1 Å². The highest BCUT2D eigenvalue weighted by Crippen LogP contribution is 2.71. The lowest BCUT2D eigenvalue weighted by Gasteiger charge is -2.58. The summed E-state index contributed by atoms with van der Waals surface area (Å²) < 4.78 is 85.5. The Balaban J connectivity index is 1.35. The van der Waals surface area contributed by atoms with E-state index in [0.29, 0.717) is 38.9 Å². The van der Waals surface area contributed by atoms with Gasteiger partial charge in [0.05, 0.1) is 13.2 Å². The molecule has 0 amide bonds. The summed E-state index contributed by atoms with van der Waals surface area (Å²) in [6.07, 6.45) is -4.76. The first-order valence-electron chi connectivity index (χ1n) is 17.1. The number of aliphatic hydroxyl groups is 1. The lowest BCUT2D eigenvalue weighted by atomic mass is 9.48. The third-order valence-electron chi connectivity index (χ3n) is 12.8. The SMILES string of the molecule is Cc1ccc(-c2ccc(C3CC4(C)C(CC[C@@]4(O)C(F)(F)C(F)(F)F)C4CC[C@@]5(N=O)CC6(CCC5=C34)OCC(C)(C)CO6)cc2)cc1. The normalized spacial score (nSPS) is 35.9. The van der Waals surface area contributed by atoms with E-state index in [4.69, 9.17) is 9.47 Å². The minimum Gasteiger partial charge on any atom is -0.383 e. The first-order valence-corrected chi connectivity index (χ1v) is 17.1. The second-order valence-electron chi connectivity index (χ2n) is 16.3. The number of ether oxygens (including phenoxy) is 2. The molecular weight excluding hydrogens is 629 g/mol. The summed E-state index contributed by atoms with van der Waals surface area (Å²) in [6, 6.07) is 15.7. The minimum atomic E-state index is -5.90. The van der Waals surface area contributed by atoms with E-state index in [9.17, 15) is 23.2 Å². The highest BCUT2D eigenvalue weighted by Gasteiger charge is 2.79. The van der Waals surface area contributed by atoms with Gasteiger partial charge in [-0.25, -0.2) is 0 Å². The number of aryl methyl sites for hydroxylation is 1. The number of nitrogens with zero attached hydrogens (tertiary/aromatic N) is 1. The number of hydrogen-bond acceptors (Lipinski definition) is 5. The van der Waals surface area contributed by atoms with Crippen molar-refractivity contribution in [2.24, 2.45) is 27.8 Å². The maximum absolute atomic E-state index is 15.4. The molecule has 2 aromatic carbocycles. The van der Waals surface area contributed by atoms with E-state index >= 15 is 8.78 Å². The van der Waals surface area contributed by atoms with Gasteiger partial charge in [-0.1, -0.05) is 85.6 Å². The van der Waals surface area contributed by atoms with Crippen LogP contribution in [0.4, 0.5) is 22.0 Å². The number of benzene rings is 2. The Bertz CT molecular complexity index is 1610. The van der Waals surface area contributed by atoms with Crippen molar-refractivity contribution >= 4 is 0 Å². The molecule has 7 rings (SSSR count). The Labute approximate surface area is 278 Å². The number of rotatable bonds is 4. The van der Waals surface area contributed by atoms with Crippen LogP contribution in [0.25, 0.3) is 11.1 Å². The van der Waals surface area contributed by atoms with Gasteiger partial charge in [-0.05, 0) is 79.5 Å². The summed E-state index contributed by atoms with van der Waals surface area (Å²) in [6.45, 7) is 8.47. The number of nitroso groups, excluding NO2 is 1. The summed E-state index contributed by atoms with van der Waals surface area (Å²) in [7, 11) is 0. The highest BCUT2D eigenvalue weighted by molar-refractivity contribution is 5.64. The summed E-state index contributed by atoms with van der Waals surface area (Å²) >= 11 is 0. The molecule has 1 aliphatic heterocycles. The molecule has 0 radical (unpaired) electrons. The molecule has 1 heterocycles. The van der Waals surface area contributed by atoms with Gasteiger partial charge in [-0.3, -0.25) is 0 Å². The van der Waals surface area contributed by atoms with Gasteiger partial charge in [0.1, 0.15) is 11.1 Å². The van der Waals surface area contributed by atoms with Crippen molar-refractivity contribution in [2.75, 3.05) is 13.2 Å². The van der Waals surface area contributed by atoms with E-state index in [2.05, 4.69) is 5.18 Å². The quantitative estimate of drug-likeness (QED) is 0.199. The molecule has 4 unspecified atom stereocenters. The van der Waals surface area contributed by atoms with Gasteiger partial charge in [0.25, 0.3) is 0 Å². The van der Waals surface area contributed by atoms with Crippen LogP contribution in [0.15, 0.2) is 64.9 Å². The molecule has 4 fully saturated rings. The molecule has 1 saturated heterocycles. The molecule has 1 spiro atoms. The van der Waals surface area contributed by atoms with Crippen LogP contribution in [0.5, 0.6) is 0 Å². The van der Waals surface area contributed by atoms with Crippen molar-refractivity contribution in [3.63, 3.8) is 0 Å². The maximum atomic E-state index is 15.4. The Morgan fingerprint density at radius 2 is 1.46 bits per heavy atom. The Kier molecular flexibility index (Phi) is 7.68. The molecule has 3 saturated carbocycles. The molecule has 1 N–H and O–H groups in total. The topological polar surface area (TPSA) is 68.1 Å². The van der Waals surface area contributed by atoms with Crippen molar-refractivity contribution < 1.29 is 36.5 Å².